The summed E-state index contributed by atoms with van der Waals surface area (Å²) in [5.41, 5.74) is 0. The van der Waals surface area contributed by atoms with Crippen molar-refractivity contribution in [1.29, 1.82) is 0 Å². The number of amides is 1. The number of carbonyl (C=O) groups is 2. The molecule has 0 bridgehead atoms. The number of nitrogens with zero attached hydrogens (tertiary/aromatic N) is 1. The fourth-order valence-electron chi connectivity index (χ4n) is 2.03. The molecule has 1 N–H and O–H groups in total. The number of methoxy groups -OCH3 is 1. The first kappa shape index (κ1) is 16.2. The van der Waals surface area contributed by atoms with Crippen LogP contribution >= 0.6 is 12.4 Å². The fraction of sp³-hybridized carbons (Fsp3) is 0.818. The number of hydrogen-bond donors (Lipinski definition) is 1. The first-order chi connectivity index (χ1) is 7.65. The molecule has 0 spiro atoms. The molecule has 0 aromatic carbocycles. The third kappa shape index (κ3) is 5.37. The lowest BCUT2D eigenvalue weighted by Gasteiger charge is -2.33. The van der Waals surface area contributed by atoms with Crippen molar-refractivity contribution in [2.24, 2.45) is 0 Å². The molecule has 0 aromatic rings. The van der Waals surface area contributed by atoms with E-state index in [1.807, 2.05) is 0 Å². The third-order valence-electron chi connectivity index (χ3n) is 2.94. The lowest BCUT2D eigenvalue weighted by atomic mass is 10.0. The summed E-state index contributed by atoms with van der Waals surface area (Å²) in [7, 11) is 1.37. The van der Waals surface area contributed by atoms with E-state index >= 15 is 0 Å². The second-order valence-electron chi connectivity index (χ2n) is 4.02. The lowest BCUT2D eigenvalue weighted by molar-refractivity contribution is -0.142. The number of rotatable bonds is 4. The van der Waals surface area contributed by atoms with Crippen LogP contribution in [-0.4, -0.2) is 49.6 Å². The van der Waals surface area contributed by atoms with E-state index in [0.717, 1.165) is 25.9 Å². The van der Waals surface area contributed by atoms with Gasteiger partial charge in [0.25, 0.3) is 0 Å². The van der Waals surface area contributed by atoms with Gasteiger partial charge < -0.3 is 15.0 Å². The van der Waals surface area contributed by atoms with Crippen molar-refractivity contribution < 1.29 is 14.3 Å². The van der Waals surface area contributed by atoms with Crippen LogP contribution in [0.3, 0.4) is 0 Å². The van der Waals surface area contributed by atoms with E-state index in [0.29, 0.717) is 6.54 Å². The standard InChI is InChI=1S/C11H20N2O3.ClH/c1-9(14)13(8-5-11(15)16-2)10-3-6-12-7-4-10;/h10,12H,3-8H2,1-2H3;1H. The zero-order chi connectivity index (χ0) is 12.0. The normalized spacial score (nSPS) is 15.9. The summed E-state index contributed by atoms with van der Waals surface area (Å²) in [5.74, 6) is -0.226. The molecule has 0 aromatic heterocycles. The Morgan fingerprint density at radius 1 is 1.35 bits per heavy atom. The van der Waals surface area contributed by atoms with E-state index in [1.165, 1.54) is 7.11 Å². The molecular formula is C11H21ClN2O3. The van der Waals surface area contributed by atoms with Gasteiger partial charge in [-0.1, -0.05) is 0 Å². The Bertz CT molecular complexity index is 255. The minimum atomic E-state index is -0.264. The summed E-state index contributed by atoms with van der Waals surface area (Å²) in [6.07, 6.45) is 2.20. The highest BCUT2D eigenvalue weighted by molar-refractivity contribution is 5.85. The Morgan fingerprint density at radius 3 is 2.41 bits per heavy atom. The molecule has 5 nitrogen and oxygen atoms in total. The van der Waals surface area contributed by atoms with E-state index in [1.54, 1.807) is 11.8 Å². The number of halogens is 1. The maximum atomic E-state index is 11.5. The summed E-state index contributed by atoms with van der Waals surface area (Å²) in [5, 5.41) is 3.25. The molecule has 1 aliphatic rings. The maximum Gasteiger partial charge on any atom is 0.307 e. The molecule has 100 valence electrons. The molecule has 1 aliphatic heterocycles. The van der Waals surface area contributed by atoms with Crippen LogP contribution < -0.4 is 5.32 Å². The number of ether oxygens (including phenoxy) is 1. The van der Waals surface area contributed by atoms with Crippen LogP contribution in [0.2, 0.25) is 0 Å². The molecular weight excluding hydrogens is 244 g/mol. The molecule has 0 radical (unpaired) electrons. The van der Waals surface area contributed by atoms with Crippen molar-refractivity contribution in [2.45, 2.75) is 32.2 Å². The molecule has 1 heterocycles. The summed E-state index contributed by atoms with van der Waals surface area (Å²) in [4.78, 5) is 24.3. The topological polar surface area (TPSA) is 58.6 Å². The average Bonchev–Trinajstić information content (AvgIpc) is 2.30. The smallest absolute Gasteiger partial charge is 0.307 e. The van der Waals surface area contributed by atoms with E-state index in [4.69, 9.17) is 0 Å². The number of hydrogen-bond acceptors (Lipinski definition) is 4. The van der Waals surface area contributed by atoms with Crippen LogP contribution in [0.25, 0.3) is 0 Å². The van der Waals surface area contributed by atoms with Crippen molar-refractivity contribution in [2.75, 3.05) is 26.7 Å². The van der Waals surface area contributed by atoms with Gasteiger partial charge in [-0.2, -0.15) is 0 Å². The molecule has 1 amide bonds. The highest BCUT2D eigenvalue weighted by Crippen LogP contribution is 2.12. The molecule has 1 fully saturated rings. The van der Waals surface area contributed by atoms with Crippen LogP contribution in [0, 0.1) is 0 Å². The van der Waals surface area contributed by atoms with Gasteiger partial charge in [0, 0.05) is 19.5 Å². The Kier molecular flexibility index (Phi) is 7.91. The third-order valence-corrected chi connectivity index (χ3v) is 2.94. The molecule has 6 heteroatoms. The molecule has 1 saturated heterocycles. The summed E-state index contributed by atoms with van der Waals surface area (Å²) >= 11 is 0. The Balaban J connectivity index is 0.00000256. The van der Waals surface area contributed by atoms with Crippen molar-refractivity contribution in [1.82, 2.24) is 10.2 Å². The predicted octanol–water partition coefficient (Wildman–Crippen LogP) is 0.572. The van der Waals surface area contributed by atoms with Crippen LogP contribution in [0.5, 0.6) is 0 Å². The zero-order valence-electron chi connectivity index (χ0n) is 10.4. The van der Waals surface area contributed by atoms with Gasteiger partial charge in [-0.15, -0.1) is 12.4 Å². The van der Waals surface area contributed by atoms with Gasteiger partial charge in [-0.3, -0.25) is 9.59 Å². The minimum absolute atomic E-state index is 0. The molecule has 1 rings (SSSR count). The molecule has 0 aliphatic carbocycles. The highest BCUT2D eigenvalue weighted by atomic mass is 35.5. The van der Waals surface area contributed by atoms with Crippen molar-refractivity contribution in [3.8, 4) is 0 Å². The van der Waals surface area contributed by atoms with Crippen molar-refractivity contribution >= 4 is 24.3 Å². The van der Waals surface area contributed by atoms with Crippen LogP contribution in [-0.2, 0) is 14.3 Å². The van der Waals surface area contributed by atoms with Gasteiger partial charge in [0.1, 0.15) is 0 Å². The number of esters is 1. The van der Waals surface area contributed by atoms with Crippen LogP contribution in [0.4, 0.5) is 0 Å². The maximum absolute atomic E-state index is 11.5. The van der Waals surface area contributed by atoms with Gasteiger partial charge >= 0.3 is 5.97 Å². The van der Waals surface area contributed by atoms with E-state index in [9.17, 15) is 9.59 Å². The molecule has 0 atom stereocenters. The Hall–Kier alpha value is -0.810. The van der Waals surface area contributed by atoms with E-state index in [-0.39, 0.29) is 36.7 Å². The van der Waals surface area contributed by atoms with Gasteiger partial charge in [0.15, 0.2) is 0 Å². The van der Waals surface area contributed by atoms with Gasteiger partial charge in [0.2, 0.25) is 5.91 Å². The predicted molar refractivity (Wildman–Crippen MR) is 67.2 cm³/mol. The Morgan fingerprint density at radius 2 is 1.94 bits per heavy atom. The summed E-state index contributed by atoms with van der Waals surface area (Å²) < 4.78 is 4.58. The van der Waals surface area contributed by atoms with Crippen molar-refractivity contribution in [3.63, 3.8) is 0 Å². The van der Waals surface area contributed by atoms with Crippen molar-refractivity contribution in [3.05, 3.63) is 0 Å². The monoisotopic (exact) mass is 264 g/mol. The van der Waals surface area contributed by atoms with Crippen LogP contribution in [0.1, 0.15) is 26.2 Å². The first-order valence-corrected chi connectivity index (χ1v) is 5.70. The molecule has 0 saturated carbocycles. The fourth-order valence-corrected chi connectivity index (χ4v) is 2.03. The second-order valence-corrected chi connectivity index (χ2v) is 4.02. The van der Waals surface area contributed by atoms with Crippen LogP contribution in [0.15, 0.2) is 0 Å². The average molecular weight is 265 g/mol. The van der Waals surface area contributed by atoms with Gasteiger partial charge in [-0.05, 0) is 25.9 Å². The number of nitrogens with one attached hydrogen (secondary N) is 1. The van der Waals surface area contributed by atoms with Gasteiger partial charge in [-0.25, -0.2) is 0 Å². The minimum Gasteiger partial charge on any atom is -0.469 e. The second kappa shape index (κ2) is 8.31. The highest BCUT2D eigenvalue weighted by Gasteiger charge is 2.23. The number of piperidine rings is 1. The summed E-state index contributed by atoms with van der Waals surface area (Å²) in [6.45, 7) is 3.89. The van der Waals surface area contributed by atoms with E-state index in [2.05, 4.69) is 10.1 Å². The first-order valence-electron chi connectivity index (χ1n) is 5.70. The summed E-state index contributed by atoms with van der Waals surface area (Å²) in [6, 6.07) is 0.267. The largest absolute Gasteiger partial charge is 0.469 e. The Labute approximate surface area is 108 Å². The number of carbonyl (C=O) groups excluding carboxylic acids is 2. The SMILES string of the molecule is COC(=O)CCN(C(C)=O)C1CCNCC1.Cl. The quantitative estimate of drug-likeness (QED) is 0.755. The molecule has 17 heavy (non-hydrogen) atoms. The lowest BCUT2D eigenvalue weighted by Crippen LogP contribution is -2.46. The molecule has 0 unspecified atom stereocenters. The zero-order valence-corrected chi connectivity index (χ0v) is 11.2. The van der Waals surface area contributed by atoms with Gasteiger partial charge in [0.05, 0.1) is 13.5 Å². The van der Waals surface area contributed by atoms with E-state index < -0.39 is 0 Å².